The Bertz CT molecular complexity index is 560. The van der Waals surface area contributed by atoms with Gasteiger partial charge in [0, 0.05) is 11.8 Å². The molecule has 0 aliphatic rings. The van der Waals surface area contributed by atoms with Crippen molar-refractivity contribution in [1.82, 2.24) is 9.97 Å². The molecule has 0 bridgehead atoms. The fraction of sp³-hybridized carbons (Fsp3) is 0.0909. The molecule has 88 valence electrons. The number of nitrogens with zero attached hydrogens (tertiary/aromatic N) is 2. The molecule has 3 nitrogen and oxygen atoms in total. The van der Waals surface area contributed by atoms with Crippen molar-refractivity contribution in [3.8, 4) is 0 Å². The Morgan fingerprint density at radius 2 is 2.06 bits per heavy atom. The molecule has 0 unspecified atom stereocenters. The second-order valence-electron chi connectivity index (χ2n) is 3.40. The van der Waals surface area contributed by atoms with Crippen molar-refractivity contribution in [2.24, 2.45) is 0 Å². The average molecular weight is 272 g/mol. The normalized spacial score (nSPS) is 10.4. The number of hydrogen-bond acceptors (Lipinski definition) is 3. The summed E-state index contributed by atoms with van der Waals surface area (Å²) in [6, 6.07) is 4.68. The monoisotopic (exact) mass is 271 g/mol. The third-order valence-corrected chi connectivity index (χ3v) is 2.62. The predicted octanol–water partition coefficient (Wildman–Crippen LogP) is 3.97. The summed E-state index contributed by atoms with van der Waals surface area (Å²) < 4.78 is 13.6. The van der Waals surface area contributed by atoms with Crippen LogP contribution in [-0.2, 0) is 0 Å². The highest BCUT2D eigenvalue weighted by Crippen LogP contribution is 2.25. The summed E-state index contributed by atoms with van der Waals surface area (Å²) >= 11 is 11.3. The van der Waals surface area contributed by atoms with Crippen molar-refractivity contribution in [1.29, 1.82) is 0 Å². The molecule has 0 fully saturated rings. The van der Waals surface area contributed by atoms with E-state index in [9.17, 15) is 4.39 Å². The van der Waals surface area contributed by atoms with Crippen LogP contribution in [0.3, 0.4) is 0 Å². The molecule has 1 heterocycles. The zero-order valence-electron chi connectivity index (χ0n) is 8.84. The molecule has 1 aromatic heterocycles. The van der Waals surface area contributed by atoms with Gasteiger partial charge in [0.15, 0.2) is 5.82 Å². The van der Waals surface area contributed by atoms with Gasteiger partial charge in [-0.25, -0.2) is 14.4 Å². The van der Waals surface area contributed by atoms with Crippen molar-refractivity contribution in [2.45, 2.75) is 6.92 Å². The lowest BCUT2D eigenvalue weighted by Gasteiger charge is -2.09. The van der Waals surface area contributed by atoms with Crippen LogP contribution in [0.2, 0.25) is 10.3 Å². The second-order valence-corrected chi connectivity index (χ2v) is 4.14. The summed E-state index contributed by atoms with van der Waals surface area (Å²) in [5, 5.41) is 2.97. The van der Waals surface area contributed by atoms with E-state index in [2.05, 4.69) is 15.3 Å². The predicted molar refractivity (Wildman–Crippen MR) is 66.5 cm³/mol. The Kier molecular flexibility index (Phi) is 3.45. The summed E-state index contributed by atoms with van der Waals surface area (Å²) in [5.74, 6) is -0.0746. The van der Waals surface area contributed by atoms with Crippen molar-refractivity contribution >= 4 is 34.7 Å². The van der Waals surface area contributed by atoms with E-state index in [0.29, 0.717) is 5.82 Å². The largest absolute Gasteiger partial charge is 0.337 e. The maximum absolute atomic E-state index is 13.6. The number of aromatic nitrogens is 2. The molecule has 17 heavy (non-hydrogen) atoms. The first kappa shape index (κ1) is 12.1. The smallest absolute Gasteiger partial charge is 0.224 e. The van der Waals surface area contributed by atoms with Crippen molar-refractivity contribution in [3.63, 3.8) is 0 Å². The van der Waals surface area contributed by atoms with E-state index in [4.69, 9.17) is 23.2 Å². The van der Waals surface area contributed by atoms with E-state index in [1.165, 1.54) is 6.07 Å². The van der Waals surface area contributed by atoms with Crippen LogP contribution in [0.1, 0.15) is 5.56 Å². The first-order chi connectivity index (χ1) is 8.08. The van der Waals surface area contributed by atoms with Crippen LogP contribution < -0.4 is 5.32 Å². The number of anilines is 2. The van der Waals surface area contributed by atoms with Crippen molar-refractivity contribution in [2.75, 3.05) is 5.32 Å². The molecule has 0 spiro atoms. The maximum atomic E-state index is 13.6. The minimum Gasteiger partial charge on any atom is -0.337 e. The van der Waals surface area contributed by atoms with Gasteiger partial charge in [0.25, 0.3) is 0 Å². The third-order valence-electron chi connectivity index (χ3n) is 2.15. The average Bonchev–Trinajstić information content (AvgIpc) is 2.30. The first-order valence-corrected chi connectivity index (χ1v) is 5.53. The molecule has 1 N–H and O–H groups in total. The molecule has 2 aromatic rings. The number of halogens is 3. The van der Waals surface area contributed by atoms with Crippen LogP contribution in [0.25, 0.3) is 0 Å². The Balaban J connectivity index is 2.38. The standard InChI is InChI=1S/C11H8Cl2FN3/c1-6-5-15-11(13)17-10(6)16-8-4-2-3-7(12)9(8)14/h2-5H,1H3,(H,15,16,17). The fourth-order valence-electron chi connectivity index (χ4n) is 1.27. The lowest BCUT2D eigenvalue weighted by molar-refractivity contribution is 0.632. The fourth-order valence-corrected chi connectivity index (χ4v) is 1.58. The van der Waals surface area contributed by atoms with E-state index in [-0.39, 0.29) is 16.0 Å². The first-order valence-electron chi connectivity index (χ1n) is 4.78. The molecule has 0 aliphatic heterocycles. The van der Waals surface area contributed by atoms with Gasteiger partial charge in [-0.3, -0.25) is 0 Å². The van der Waals surface area contributed by atoms with Gasteiger partial charge in [0.05, 0.1) is 10.7 Å². The van der Waals surface area contributed by atoms with Gasteiger partial charge in [-0.1, -0.05) is 17.7 Å². The minimum atomic E-state index is -0.525. The van der Waals surface area contributed by atoms with Gasteiger partial charge in [0.1, 0.15) is 5.82 Å². The van der Waals surface area contributed by atoms with E-state index in [0.717, 1.165) is 5.56 Å². The molecular weight excluding hydrogens is 264 g/mol. The molecule has 0 saturated heterocycles. The molecule has 0 saturated carbocycles. The number of benzene rings is 1. The zero-order valence-corrected chi connectivity index (χ0v) is 10.3. The van der Waals surface area contributed by atoms with Gasteiger partial charge in [-0.15, -0.1) is 0 Å². The summed E-state index contributed by atoms with van der Waals surface area (Å²) in [6.07, 6.45) is 1.56. The van der Waals surface area contributed by atoms with Gasteiger partial charge >= 0.3 is 0 Å². The molecule has 0 amide bonds. The topological polar surface area (TPSA) is 37.8 Å². The highest BCUT2D eigenvalue weighted by atomic mass is 35.5. The number of hydrogen-bond donors (Lipinski definition) is 1. The Morgan fingerprint density at radius 3 is 2.82 bits per heavy atom. The molecule has 2 rings (SSSR count). The van der Waals surface area contributed by atoms with E-state index >= 15 is 0 Å². The number of rotatable bonds is 2. The van der Waals surface area contributed by atoms with Crippen LogP contribution in [0.15, 0.2) is 24.4 Å². The summed E-state index contributed by atoms with van der Waals surface area (Å²) in [6.45, 7) is 1.79. The Labute approximate surface area is 108 Å². The zero-order chi connectivity index (χ0) is 12.4. The third kappa shape index (κ3) is 2.65. The highest BCUT2D eigenvalue weighted by Gasteiger charge is 2.09. The van der Waals surface area contributed by atoms with E-state index in [1.54, 1.807) is 25.3 Å². The number of nitrogens with one attached hydrogen (secondary N) is 1. The van der Waals surface area contributed by atoms with Gasteiger partial charge < -0.3 is 5.32 Å². The maximum Gasteiger partial charge on any atom is 0.224 e. The molecule has 0 atom stereocenters. The molecule has 6 heteroatoms. The van der Waals surface area contributed by atoms with Crippen LogP contribution >= 0.6 is 23.2 Å². The van der Waals surface area contributed by atoms with Crippen LogP contribution in [0.5, 0.6) is 0 Å². The van der Waals surface area contributed by atoms with Crippen LogP contribution in [-0.4, -0.2) is 9.97 Å². The minimum absolute atomic E-state index is 0.0489. The highest BCUT2D eigenvalue weighted by molar-refractivity contribution is 6.31. The number of aryl methyl sites for hydroxylation is 1. The molecule has 0 radical (unpaired) electrons. The molecule has 1 aromatic carbocycles. The molecular formula is C11H8Cl2FN3. The van der Waals surface area contributed by atoms with Crippen molar-refractivity contribution in [3.05, 3.63) is 46.1 Å². The lowest BCUT2D eigenvalue weighted by atomic mass is 10.3. The molecule has 0 aliphatic carbocycles. The van der Waals surface area contributed by atoms with Gasteiger partial charge in [0.2, 0.25) is 5.28 Å². The quantitative estimate of drug-likeness (QED) is 0.840. The Morgan fingerprint density at radius 1 is 1.29 bits per heavy atom. The second kappa shape index (κ2) is 4.85. The lowest BCUT2D eigenvalue weighted by Crippen LogP contribution is -2.00. The van der Waals surface area contributed by atoms with Crippen LogP contribution in [0.4, 0.5) is 15.9 Å². The van der Waals surface area contributed by atoms with E-state index in [1.807, 2.05) is 0 Å². The van der Waals surface area contributed by atoms with Gasteiger partial charge in [-0.05, 0) is 30.7 Å². The van der Waals surface area contributed by atoms with E-state index < -0.39 is 5.82 Å². The van der Waals surface area contributed by atoms with Crippen molar-refractivity contribution < 1.29 is 4.39 Å². The SMILES string of the molecule is Cc1cnc(Cl)nc1Nc1cccc(Cl)c1F. The van der Waals surface area contributed by atoms with Gasteiger partial charge in [-0.2, -0.15) is 0 Å². The summed E-state index contributed by atoms with van der Waals surface area (Å²) in [5.41, 5.74) is 1.00. The Hall–Kier alpha value is -1.39. The summed E-state index contributed by atoms with van der Waals surface area (Å²) in [7, 11) is 0. The van der Waals surface area contributed by atoms with Crippen LogP contribution in [0, 0.1) is 12.7 Å². The summed E-state index contributed by atoms with van der Waals surface area (Å²) in [4.78, 5) is 7.79.